The summed E-state index contributed by atoms with van der Waals surface area (Å²) < 4.78 is 0. The van der Waals surface area contributed by atoms with Gasteiger partial charge in [-0.1, -0.05) is 30.5 Å². The van der Waals surface area contributed by atoms with Crippen molar-refractivity contribution in [1.82, 2.24) is 20.2 Å². The molecule has 2 aromatic rings. The van der Waals surface area contributed by atoms with E-state index in [1.54, 1.807) is 42.0 Å². The van der Waals surface area contributed by atoms with Crippen molar-refractivity contribution in [2.75, 3.05) is 12.4 Å². The number of aromatic nitrogens is 4. The third-order valence-electron chi connectivity index (χ3n) is 3.16. The Balaban J connectivity index is 2.21. The molecular formula is C18H21N9O2S3. The van der Waals surface area contributed by atoms with Crippen LogP contribution in [-0.4, -0.2) is 49.8 Å². The van der Waals surface area contributed by atoms with E-state index in [0.717, 1.165) is 11.8 Å². The van der Waals surface area contributed by atoms with E-state index in [4.69, 9.17) is 17.4 Å². The smallest absolute Gasteiger partial charge is 0.299 e. The fourth-order valence-electron chi connectivity index (χ4n) is 1.92. The van der Waals surface area contributed by atoms with Gasteiger partial charge in [0.05, 0.1) is 6.61 Å². The summed E-state index contributed by atoms with van der Waals surface area (Å²) >= 11 is 3.64. The van der Waals surface area contributed by atoms with Crippen molar-refractivity contribution in [1.29, 1.82) is 0 Å². The van der Waals surface area contributed by atoms with Gasteiger partial charge in [0, 0.05) is 16.9 Å². The Morgan fingerprint density at radius 2 is 2.19 bits per heavy atom. The first kappa shape index (κ1) is 25.4. The second-order valence-electron chi connectivity index (χ2n) is 5.42. The van der Waals surface area contributed by atoms with Gasteiger partial charge in [0.1, 0.15) is 22.9 Å². The topological polar surface area (TPSA) is 184 Å². The number of carbonyl (C=O) groups excluding carboxylic acids is 1. The highest BCUT2D eigenvalue weighted by Gasteiger charge is 2.16. The highest BCUT2D eigenvalue weighted by Crippen LogP contribution is 2.28. The minimum Gasteiger partial charge on any atom is -0.384 e. The van der Waals surface area contributed by atoms with Crippen LogP contribution in [0.5, 0.6) is 0 Å². The van der Waals surface area contributed by atoms with Crippen LogP contribution in [0.4, 0.5) is 0 Å². The van der Waals surface area contributed by atoms with Crippen LogP contribution in [0.25, 0.3) is 0 Å². The molecule has 0 atom stereocenters. The lowest BCUT2D eigenvalue weighted by atomic mass is 10.3. The third-order valence-corrected chi connectivity index (χ3v) is 5.60. The van der Waals surface area contributed by atoms with Gasteiger partial charge in [-0.3, -0.25) is 9.89 Å². The normalized spacial score (nSPS) is 12.7. The Hall–Kier alpha value is -2.91. The number of nitrogens with two attached hydrogens (primary N) is 3. The molecule has 168 valence electrons. The standard InChI is InChI=1S/C18H21N9O2S3/c1-2-4-13(19)22-7-10-30-12-5-6-14(32-18-23-11-24-27-18)25-15(12)16(28)26-17(20)31-9-3-8-29-21/h2-7,9,11H,1,8,10,19,21H2,(H2,20,26,28)(H,23,24,27)/b9-3+,13-4-,22-7-. The SMILES string of the molecule is C=C/C=C(N)\N=C/CSc1ccc(Sc2ncn[nH]2)nc1C(=O)N=C(N)S/C=C/CON. The molecule has 11 nitrogen and oxygen atoms in total. The Kier molecular flexibility index (Phi) is 11.3. The summed E-state index contributed by atoms with van der Waals surface area (Å²) in [7, 11) is 0. The van der Waals surface area contributed by atoms with Crippen LogP contribution in [0.3, 0.4) is 0 Å². The highest BCUT2D eigenvalue weighted by molar-refractivity contribution is 8.16. The predicted octanol–water partition coefficient (Wildman–Crippen LogP) is 2.09. The predicted molar refractivity (Wildman–Crippen MR) is 129 cm³/mol. The molecule has 0 aliphatic heterocycles. The average Bonchev–Trinajstić information content (AvgIpc) is 3.28. The van der Waals surface area contributed by atoms with Crippen molar-refractivity contribution < 1.29 is 9.63 Å². The van der Waals surface area contributed by atoms with E-state index in [1.807, 2.05) is 0 Å². The molecule has 0 spiro atoms. The summed E-state index contributed by atoms with van der Waals surface area (Å²) in [6.07, 6.45) is 7.78. The van der Waals surface area contributed by atoms with Gasteiger partial charge in [-0.15, -0.1) is 11.8 Å². The molecule has 32 heavy (non-hydrogen) atoms. The monoisotopic (exact) mass is 491 g/mol. The number of aliphatic imine (C=N–C) groups is 2. The Labute approximate surface area is 197 Å². The number of H-pyrrole nitrogens is 1. The van der Waals surface area contributed by atoms with E-state index in [1.165, 1.54) is 29.9 Å². The number of amides is 1. The largest absolute Gasteiger partial charge is 0.384 e. The molecule has 0 aromatic carbocycles. The summed E-state index contributed by atoms with van der Waals surface area (Å²) in [5.74, 6) is 5.15. The lowest BCUT2D eigenvalue weighted by Crippen LogP contribution is -2.11. The summed E-state index contributed by atoms with van der Waals surface area (Å²) in [5, 5.41) is 9.29. The van der Waals surface area contributed by atoms with Crippen LogP contribution in [-0.2, 0) is 4.84 Å². The fraction of sp³-hybridized carbons (Fsp3) is 0.111. The zero-order valence-electron chi connectivity index (χ0n) is 16.7. The number of pyridine rings is 1. The van der Waals surface area contributed by atoms with E-state index in [2.05, 4.69) is 41.6 Å². The van der Waals surface area contributed by atoms with Gasteiger partial charge in [0.15, 0.2) is 10.3 Å². The number of hydrogen-bond acceptors (Lipinski definition) is 11. The van der Waals surface area contributed by atoms with E-state index in [9.17, 15) is 4.79 Å². The van der Waals surface area contributed by atoms with Crippen LogP contribution in [0.15, 0.2) is 79.6 Å². The molecule has 0 saturated heterocycles. The summed E-state index contributed by atoms with van der Waals surface area (Å²) in [4.78, 5) is 34.3. The maximum absolute atomic E-state index is 12.8. The highest BCUT2D eigenvalue weighted by atomic mass is 32.2. The number of amidine groups is 1. The first-order valence-corrected chi connectivity index (χ1v) is 11.5. The minimum absolute atomic E-state index is 0.0539. The van der Waals surface area contributed by atoms with Crippen LogP contribution in [0.1, 0.15) is 10.5 Å². The first-order chi connectivity index (χ1) is 15.5. The Morgan fingerprint density at radius 3 is 2.91 bits per heavy atom. The zero-order chi connectivity index (χ0) is 23.2. The number of allylic oxidation sites excluding steroid dienone is 2. The van der Waals surface area contributed by atoms with E-state index >= 15 is 0 Å². The van der Waals surface area contributed by atoms with Crippen LogP contribution in [0, 0.1) is 0 Å². The molecule has 0 saturated carbocycles. The fourth-order valence-corrected chi connectivity index (χ4v) is 3.80. The number of nitrogens with one attached hydrogen (secondary N) is 1. The quantitative estimate of drug-likeness (QED) is 0.119. The average molecular weight is 492 g/mol. The van der Waals surface area contributed by atoms with Gasteiger partial charge >= 0.3 is 0 Å². The Bertz CT molecular complexity index is 1020. The molecule has 2 rings (SSSR count). The molecular weight excluding hydrogens is 470 g/mol. The maximum atomic E-state index is 12.8. The van der Waals surface area contributed by atoms with Crippen molar-refractivity contribution >= 4 is 52.6 Å². The molecule has 0 radical (unpaired) electrons. The number of thioether (sulfide) groups is 2. The van der Waals surface area contributed by atoms with E-state index in [-0.39, 0.29) is 17.5 Å². The molecule has 0 bridgehead atoms. The molecule has 0 aliphatic rings. The molecule has 2 heterocycles. The second-order valence-corrected chi connectivity index (χ2v) is 8.41. The van der Waals surface area contributed by atoms with Crippen LogP contribution < -0.4 is 17.4 Å². The van der Waals surface area contributed by atoms with Crippen molar-refractivity contribution in [3.63, 3.8) is 0 Å². The second kappa shape index (κ2) is 14.2. The van der Waals surface area contributed by atoms with Gasteiger partial charge in [-0.2, -0.15) is 10.1 Å². The van der Waals surface area contributed by atoms with Crippen LogP contribution >= 0.6 is 35.3 Å². The lowest BCUT2D eigenvalue weighted by Gasteiger charge is -2.07. The molecule has 2 aromatic heterocycles. The molecule has 0 unspecified atom stereocenters. The third kappa shape index (κ3) is 9.07. The van der Waals surface area contributed by atoms with Crippen molar-refractivity contribution in [3.8, 4) is 0 Å². The first-order valence-electron chi connectivity index (χ1n) is 8.83. The summed E-state index contributed by atoms with van der Waals surface area (Å²) in [6, 6.07) is 3.55. The lowest BCUT2D eigenvalue weighted by molar-refractivity contribution is 0.0994. The van der Waals surface area contributed by atoms with Gasteiger partial charge in [0.25, 0.3) is 5.91 Å². The molecule has 1 amide bonds. The number of nitrogens with zero attached hydrogens (tertiary/aromatic N) is 5. The Morgan fingerprint density at radius 1 is 1.34 bits per heavy atom. The van der Waals surface area contributed by atoms with Gasteiger partial charge in [-0.25, -0.2) is 20.9 Å². The number of hydrogen-bond donors (Lipinski definition) is 4. The van der Waals surface area contributed by atoms with E-state index in [0.29, 0.717) is 26.7 Å². The molecule has 0 fully saturated rings. The number of carbonyl (C=O) groups is 1. The molecule has 7 N–H and O–H groups in total. The van der Waals surface area contributed by atoms with Gasteiger partial charge in [-0.05, 0) is 35.4 Å². The maximum Gasteiger partial charge on any atom is 0.299 e. The molecule has 14 heteroatoms. The van der Waals surface area contributed by atoms with Gasteiger partial charge < -0.3 is 16.3 Å². The number of rotatable bonds is 11. The minimum atomic E-state index is -0.580. The van der Waals surface area contributed by atoms with Crippen molar-refractivity contribution in [2.24, 2.45) is 27.3 Å². The van der Waals surface area contributed by atoms with Gasteiger partial charge in [0.2, 0.25) is 0 Å². The van der Waals surface area contributed by atoms with E-state index < -0.39 is 5.91 Å². The van der Waals surface area contributed by atoms with Crippen LogP contribution in [0.2, 0.25) is 0 Å². The molecule has 0 aliphatic carbocycles. The summed E-state index contributed by atoms with van der Waals surface area (Å²) in [6.45, 7) is 3.77. The van der Waals surface area contributed by atoms with Crippen molar-refractivity contribution in [3.05, 3.63) is 60.2 Å². The summed E-state index contributed by atoms with van der Waals surface area (Å²) in [5.41, 5.74) is 11.7. The van der Waals surface area contributed by atoms with Crippen molar-refractivity contribution in [2.45, 2.75) is 15.1 Å². The number of aromatic amines is 1. The zero-order valence-corrected chi connectivity index (χ0v) is 19.2.